The van der Waals surface area contributed by atoms with Crippen molar-refractivity contribution in [2.75, 3.05) is 0 Å². The number of ether oxygens (including phenoxy) is 1. The first kappa shape index (κ1) is 15.3. The second-order valence-corrected chi connectivity index (χ2v) is 4.39. The predicted octanol–water partition coefficient (Wildman–Crippen LogP) is 4.02. The number of hydrogen-bond donors (Lipinski definition) is 0. The summed E-state index contributed by atoms with van der Waals surface area (Å²) in [6, 6.07) is 2.56. The van der Waals surface area contributed by atoms with Crippen LogP contribution in [-0.2, 0) is 9.53 Å². The number of rotatable bonds is 5. The molecule has 0 aliphatic rings. The highest BCUT2D eigenvalue weighted by Gasteiger charge is 2.08. The fourth-order valence-corrected chi connectivity index (χ4v) is 1.65. The largest absolute Gasteiger partial charge is 0.462 e. The Morgan fingerprint density at radius 3 is 2.42 bits per heavy atom. The molecule has 0 N–H and O–H groups in total. The van der Waals surface area contributed by atoms with E-state index in [-0.39, 0.29) is 17.6 Å². The molecule has 0 heterocycles. The first-order chi connectivity index (χ1) is 8.93. The maximum Gasteiger partial charge on any atom is 0.302 e. The highest BCUT2D eigenvalue weighted by atomic mass is 19.1. The topological polar surface area (TPSA) is 26.3 Å². The van der Waals surface area contributed by atoms with E-state index in [1.807, 2.05) is 6.92 Å². The molecule has 1 aromatic rings. The van der Waals surface area contributed by atoms with Gasteiger partial charge in [-0.15, -0.1) is 0 Å². The molecular formula is C15H18F2O2. The van der Waals surface area contributed by atoms with E-state index >= 15 is 0 Å². The van der Waals surface area contributed by atoms with Crippen molar-refractivity contribution in [2.24, 2.45) is 0 Å². The van der Waals surface area contributed by atoms with Crippen molar-refractivity contribution in [1.29, 1.82) is 0 Å². The standard InChI is InChI=1S/C15H18F2O2/c1-4-13(19-11(3)18)7-5-6-12-8-14(16)10(2)15(17)9-12/h5-6,8-9,13H,4,7H2,1-3H3/b6-5+. The van der Waals surface area contributed by atoms with Crippen LogP contribution in [-0.4, -0.2) is 12.1 Å². The van der Waals surface area contributed by atoms with Gasteiger partial charge in [-0.2, -0.15) is 0 Å². The van der Waals surface area contributed by atoms with Crippen LogP contribution in [0.3, 0.4) is 0 Å². The number of carbonyl (C=O) groups is 1. The third kappa shape index (κ3) is 4.81. The Balaban J connectivity index is 2.69. The fraction of sp³-hybridized carbons (Fsp3) is 0.400. The Kier molecular flexibility index (Phi) is 5.67. The second kappa shape index (κ2) is 7.02. The van der Waals surface area contributed by atoms with Gasteiger partial charge >= 0.3 is 5.97 Å². The van der Waals surface area contributed by atoms with Gasteiger partial charge in [-0.05, 0) is 31.0 Å². The van der Waals surface area contributed by atoms with Gasteiger partial charge in [0.15, 0.2) is 0 Å². The molecule has 0 radical (unpaired) electrons. The number of carbonyl (C=O) groups excluding carboxylic acids is 1. The van der Waals surface area contributed by atoms with Crippen LogP contribution in [0.2, 0.25) is 0 Å². The van der Waals surface area contributed by atoms with Gasteiger partial charge in [0, 0.05) is 18.9 Å². The molecule has 19 heavy (non-hydrogen) atoms. The average Bonchev–Trinajstić information content (AvgIpc) is 2.34. The molecule has 1 unspecified atom stereocenters. The molecule has 1 rings (SSSR count). The summed E-state index contributed by atoms with van der Waals surface area (Å²) in [4.78, 5) is 10.8. The van der Waals surface area contributed by atoms with Gasteiger partial charge < -0.3 is 4.74 Å². The lowest BCUT2D eigenvalue weighted by atomic mass is 10.1. The van der Waals surface area contributed by atoms with E-state index in [0.717, 1.165) is 0 Å². The highest BCUT2D eigenvalue weighted by Crippen LogP contribution is 2.16. The maximum atomic E-state index is 13.3. The molecule has 0 saturated heterocycles. The Labute approximate surface area is 112 Å². The van der Waals surface area contributed by atoms with E-state index < -0.39 is 11.6 Å². The van der Waals surface area contributed by atoms with E-state index in [1.165, 1.54) is 26.0 Å². The van der Waals surface area contributed by atoms with Gasteiger partial charge in [0.25, 0.3) is 0 Å². The molecule has 0 aliphatic heterocycles. The SMILES string of the molecule is CCC(C/C=C/c1cc(F)c(C)c(F)c1)OC(C)=O. The first-order valence-electron chi connectivity index (χ1n) is 6.23. The molecule has 0 aliphatic carbocycles. The predicted molar refractivity (Wildman–Crippen MR) is 70.6 cm³/mol. The van der Waals surface area contributed by atoms with Crippen LogP contribution < -0.4 is 0 Å². The third-order valence-electron chi connectivity index (χ3n) is 2.80. The maximum absolute atomic E-state index is 13.3. The van der Waals surface area contributed by atoms with Gasteiger partial charge in [0.05, 0.1) is 0 Å². The van der Waals surface area contributed by atoms with Crippen LogP contribution in [0, 0.1) is 18.6 Å². The second-order valence-electron chi connectivity index (χ2n) is 4.39. The molecular weight excluding hydrogens is 250 g/mol. The minimum Gasteiger partial charge on any atom is -0.462 e. The van der Waals surface area contributed by atoms with E-state index in [0.29, 0.717) is 18.4 Å². The summed E-state index contributed by atoms with van der Waals surface area (Å²) >= 11 is 0. The molecule has 0 amide bonds. The molecule has 0 spiro atoms. The van der Waals surface area contributed by atoms with Crippen molar-refractivity contribution < 1.29 is 18.3 Å². The Hall–Kier alpha value is -1.71. The van der Waals surface area contributed by atoms with Crippen molar-refractivity contribution in [3.8, 4) is 0 Å². The zero-order chi connectivity index (χ0) is 14.4. The molecule has 2 nitrogen and oxygen atoms in total. The number of hydrogen-bond acceptors (Lipinski definition) is 2. The Morgan fingerprint density at radius 2 is 1.95 bits per heavy atom. The first-order valence-corrected chi connectivity index (χ1v) is 6.23. The van der Waals surface area contributed by atoms with Crippen molar-refractivity contribution >= 4 is 12.0 Å². The van der Waals surface area contributed by atoms with Crippen LogP contribution in [0.4, 0.5) is 8.78 Å². The lowest BCUT2D eigenvalue weighted by molar-refractivity contribution is -0.146. The fourth-order valence-electron chi connectivity index (χ4n) is 1.65. The molecule has 0 saturated carbocycles. The van der Waals surface area contributed by atoms with E-state index in [1.54, 1.807) is 12.2 Å². The lowest BCUT2D eigenvalue weighted by Gasteiger charge is -2.12. The summed E-state index contributed by atoms with van der Waals surface area (Å²) in [5, 5.41) is 0. The zero-order valence-electron chi connectivity index (χ0n) is 11.4. The number of halogens is 2. The molecule has 1 aromatic carbocycles. The van der Waals surface area contributed by atoms with Crippen LogP contribution in [0.15, 0.2) is 18.2 Å². The van der Waals surface area contributed by atoms with E-state index in [9.17, 15) is 13.6 Å². The van der Waals surface area contributed by atoms with Gasteiger partial charge in [-0.25, -0.2) is 8.78 Å². The quantitative estimate of drug-likeness (QED) is 0.754. The van der Waals surface area contributed by atoms with E-state index in [2.05, 4.69) is 0 Å². The molecule has 1 atom stereocenters. The number of benzene rings is 1. The van der Waals surface area contributed by atoms with Crippen molar-refractivity contribution in [1.82, 2.24) is 0 Å². The van der Waals surface area contributed by atoms with Gasteiger partial charge in [0.1, 0.15) is 17.7 Å². The molecule has 0 bridgehead atoms. The summed E-state index contributed by atoms with van der Waals surface area (Å²) in [6.07, 6.45) is 4.39. The van der Waals surface area contributed by atoms with Gasteiger partial charge in [-0.3, -0.25) is 4.79 Å². The molecule has 0 aromatic heterocycles. The summed E-state index contributed by atoms with van der Waals surface area (Å²) < 4.78 is 31.7. The van der Waals surface area contributed by atoms with Crippen LogP contribution >= 0.6 is 0 Å². The van der Waals surface area contributed by atoms with Gasteiger partial charge in [0.2, 0.25) is 0 Å². The van der Waals surface area contributed by atoms with Crippen LogP contribution in [0.25, 0.3) is 6.08 Å². The Morgan fingerprint density at radius 1 is 1.37 bits per heavy atom. The monoisotopic (exact) mass is 268 g/mol. The molecule has 104 valence electrons. The van der Waals surface area contributed by atoms with E-state index in [4.69, 9.17) is 4.74 Å². The number of esters is 1. The minimum absolute atomic E-state index is 0.0171. The minimum atomic E-state index is -0.563. The lowest BCUT2D eigenvalue weighted by Crippen LogP contribution is -2.13. The summed E-state index contributed by atoms with van der Waals surface area (Å²) in [5.41, 5.74) is 0.474. The molecule has 4 heteroatoms. The smallest absolute Gasteiger partial charge is 0.302 e. The average molecular weight is 268 g/mol. The summed E-state index contributed by atoms with van der Waals surface area (Å²) in [5.74, 6) is -1.45. The Bertz CT molecular complexity index is 458. The van der Waals surface area contributed by atoms with Crippen LogP contribution in [0.5, 0.6) is 0 Å². The summed E-state index contributed by atoms with van der Waals surface area (Å²) in [6.45, 7) is 4.66. The molecule has 0 fully saturated rings. The summed E-state index contributed by atoms with van der Waals surface area (Å²) in [7, 11) is 0. The van der Waals surface area contributed by atoms with Crippen LogP contribution in [0.1, 0.15) is 37.8 Å². The normalized spacial score (nSPS) is 12.7. The van der Waals surface area contributed by atoms with Crippen molar-refractivity contribution in [2.45, 2.75) is 39.7 Å². The van der Waals surface area contributed by atoms with Crippen molar-refractivity contribution in [3.63, 3.8) is 0 Å². The third-order valence-corrected chi connectivity index (χ3v) is 2.80. The highest BCUT2D eigenvalue weighted by molar-refractivity contribution is 5.66. The van der Waals surface area contributed by atoms with Gasteiger partial charge in [-0.1, -0.05) is 19.1 Å². The van der Waals surface area contributed by atoms with Crippen molar-refractivity contribution in [3.05, 3.63) is 41.0 Å². The zero-order valence-corrected chi connectivity index (χ0v) is 11.4.